The van der Waals surface area contributed by atoms with Gasteiger partial charge in [-0.05, 0) is 74.1 Å². The number of aliphatic hydroxyl groups excluding tert-OH is 2. The molecule has 2 aliphatic rings. The normalized spacial score (nSPS) is 22.1. The molecule has 2 amide bonds. The van der Waals surface area contributed by atoms with E-state index in [4.69, 9.17) is 19.3 Å². The van der Waals surface area contributed by atoms with E-state index in [1.165, 1.54) is 12.8 Å². The molecule has 9 nitrogen and oxygen atoms in total. The van der Waals surface area contributed by atoms with Crippen LogP contribution in [0.25, 0.3) is 0 Å². The highest BCUT2D eigenvalue weighted by Crippen LogP contribution is 2.16. The van der Waals surface area contributed by atoms with Gasteiger partial charge >= 0.3 is 18.2 Å². The summed E-state index contributed by atoms with van der Waals surface area (Å²) in [7, 11) is 0. The van der Waals surface area contributed by atoms with Gasteiger partial charge in [0.15, 0.2) is 0 Å². The Kier molecular flexibility index (Phi) is 15.0. The average Bonchev–Trinajstić information content (AvgIpc) is 3.09. The summed E-state index contributed by atoms with van der Waals surface area (Å²) in [6.45, 7) is 12.1. The second-order valence-corrected chi connectivity index (χ2v) is 10.9. The van der Waals surface area contributed by atoms with Crippen LogP contribution in [0.3, 0.4) is 0 Å². The number of carbonyl (C=O) groups excluding carboxylic acids is 3. The van der Waals surface area contributed by atoms with Gasteiger partial charge < -0.3 is 24.4 Å². The number of hydrogen-bond acceptors (Lipinski definition) is 8. The van der Waals surface area contributed by atoms with Gasteiger partial charge in [0.25, 0.3) is 0 Å². The molecule has 200 valence electrons. The topological polar surface area (TPSA) is 131 Å². The molecule has 1 heterocycles. The van der Waals surface area contributed by atoms with Crippen molar-refractivity contribution in [2.75, 3.05) is 0 Å². The van der Waals surface area contributed by atoms with Crippen LogP contribution in [0.1, 0.15) is 113 Å². The number of cyclic esters (lactones) is 1. The van der Waals surface area contributed by atoms with E-state index in [0.29, 0.717) is 12.8 Å². The van der Waals surface area contributed by atoms with Crippen LogP contribution in [0.4, 0.5) is 9.59 Å². The van der Waals surface area contributed by atoms with Crippen LogP contribution in [0, 0.1) is 0 Å². The first-order valence-corrected chi connectivity index (χ1v) is 12.4. The molecule has 0 aromatic carbocycles. The third-order valence-corrected chi connectivity index (χ3v) is 4.68. The minimum absolute atomic E-state index is 0.0463. The quantitative estimate of drug-likeness (QED) is 0.320. The molecule has 1 aliphatic heterocycles. The summed E-state index contributed by atoms with van der Waals surface area (Å²) in [5, 5.41) is 20.2. The van der Waals surface area contributed by atoms with Crippen molar-refractivity contribution in [3.63, 3.8) is 0 Å². The minimum atomic E-state index is -0.809. The van der Waals surface area contributed by atoms with Crippen molar-refractivity contribution in [2.24, 2.45) is 0 Å². The third-order valence-electron chi connectivity index (χ3n) is 4.68. The Balaban J connectivity index is 0.000000518. The SMILES string of the molecule is CC(C)(C)OC(=O)NC(=O)OC(C)(C)C.CC1CC(O)CCCCCC(=O)O1.OC1CCCC1. The molecule has 2 fully saturated rings. The number of hydrogen-bond donors (Lipinski definition) is 3. The molecule has 2 rings (SSSR count). The molecular weight excluding hydrogens is 442 g/mol. The largest absolute Gasteiger partial charge is 0.463 e. The molecule has 2 unspecified atom stereocenters. The molecule has 1 saturated carbocycles. The van der Waals surface area contributed by atoms with Crippen molar-refractivity contribution < 1.29 is 38.8 Å². The Morgan fingerprint density at radius 2 is 1.26 bits per heavy atom. The van der Waals surface area contributed by atoms with E-state index in [2.05, 4.69) is 0 Å². The van der Waals surface area contributed by atoms with Gasteiger partial charge in [-0.3, -0.25) is 4.79 Å². The number of amides is 2. The lowest BCUT2D eigenvalue weighted by molar-refractivity contribution is -0.149. The van der Waals surface area contributed by atoms with E-state index in [9.17, 15) is 19.5 Å². The maximum atomic E-state index is 11.1. The maximum absolute atomic E-state index is 11.1. The molecule has 0 bridgehead atoms. The highest BCUT2D eigenvalue weighted by molar-refractivity contribution is 5.87. The Morgan fingerprint density at radius 1 is 0.824 bits per heavy atom. The zero-order valence-electron chi connectivity index (χ0n) is 22.1. The van der Waals surface area contributed by atoms with E-state index in [1.807, 2.05) is 12.2 Å². The molecule has 34 heavy (non-hydrogen) atoms. The van der Waals surface area contributed by atoms with Gasteiger partial charge in [0.05, 0.1) is 12.2 Å². The number of esters is 1. The molecule has 0 radical (unpaired) electrons. The highest BCUT2D eigenvalue weighted by atomic mass is 16.6. The zero-order valence-corrected chi connectivity index (χ0v) is 22.1. The monoisotopic (exact) mass is 489 g/mol. The summed E-state index contributed by atoms with van der Waals surface area (Å²) in [5.41, 5.74) is -1.27. The van der Waals surface area contributed by atoms with Crippen LogP contribution in [0.15, 0.2) is 0 Å². The Morgan fingerprint density at radius 3 is 1.68 bits per heavy atom. The van der Waals surface area contributed by atoms with E-state index < -0.39 is 23.4 Å². The molecule has 0 aromatic heterocycles. The number of aliphatic hydroxyl groups is 2. The predicted molar refractivity (Wildman–Crippen MR) is 129 cm³/mol. The van der Waals surface area contributed by atoms with Gasteiger partial charge in [-0.25, -0.2) is 14.9 Å². The van der Waals surface area contributed by atoms with Crippen molar-refractivity contribution in [2.45, 2.75) is 142 Å². The second kappa shape index (κ2) is 15.9. The van der Waals surface area contributed by atoms with Gasteiger partial charge in [0, 0.05) is 12.8 Å². The van der Waals surface area contributed by atoms with Gasteiger partial charge in [-0.1, -0.05) is 25.7 Å². The van der Waals surface area contributed by atoms with E-state index in [-0.39, 0.29) is 24.3 Å². The maximum Gasteiger partial charge on any atom is 0.417 e. The lowest BCUT2D eigenvalue weighted by atomic mass is 10.0. The predicted octanol–water partition coefficient (Wildman–Crippen LogP) is 5.00. The van der Waals surface area contributed by atoms with E-state index in [1.54, 1.807) is 41.5 Å². The van der Waals surface area contributed by atoms with Crippen LogP contribution >= 0.6 is 0 Å². The fourth-order valence-electron chi connectivity index (χ4n) is 3.25. The van der Waals surface area contributed by atoms with Crippen LogP contribution in [0.5, 0.6) is 0 Å². The summed E-state index contributed by atoms with van der Waals surface area (Å²) in [6.07, 6.45) is 7.40. The van der Waals surface area contributed by atoms with Crippen molar-refractivity contribution in [1.82, 2.24) is 5.32 Å². The van der Waals surface area contributed by atoms with E-state index in [0.717, 1.165) is 38.5 Å². The van der Waals surface area contributed by atoms with Crippen LogP contribution in [-0.4, -0.2) is 57.9 Å². The standard InChI is InChI=1S/C10H19NO4.C10H18O3.C5H10O/c1-9(2,3)14-7(12)11-8(13)15-10(4,5)6;1-8-7-9(11)5-3-2-4-6-10(12)13-8;6-5-3-1-2-4-5/h1-6H3,(H,11,12,13);8-9,11H,2-7H2,1H3;5-6H,1-4H2. The van der Waals surface area contributed by atoms with Gasteiger partial charge in [-0.15, -0.1) is 0 Å². The van der Waals surface area contributed by atoms with Crippen LogP contribution in [0.2, 0.25) is 0 Å². The van der Waals surface area contributed by atoms with E-state index >= 15 is 0 Å². The fourth-order valence-corrected chi connectivity index (χ4v) is 3.25. The summed E-state index contributed by atoms with van der Waals surface area (Å²) in [5.74, 6) is -0.124. The van der Waals surface area contributed by atoms with Crippen LogP contribution in [-0.2, 0) is 19.0 Å². The smallest absolute Gasteiger partial charge is 0.417 e. The fraction of sp³-hybridized carbons (Fsp3) is 0.880. The summed E-state index contributed by atoms with van der Waals surface area (Å²) >= 11 is 0. The van der Waals surface area contributed by atoms with Gasteiger partial charge in [-0.2, -0.15) is 0 Å². The van der Waals surface area contributed by atoms with Crippen molar-refractivity contribution >= 4 is 18.2 Å². The molecule has 0 aromatic rings. The first-order chi connectivity index (χ1) is 15.6. The molecule has 2 atom stereocenters. The molecule has 0 spiro atoms. The number of rotatable bonds is 0. The summed E-state index contributed by atoms with van der Waals surface area (Å²) in [4.78, 5) is 33.4. The van der Waals surface area contributed by atoms with Gasteiger partial charge in [0.1, 0.15) is 17.3 Å². The van der Waals surface area contributed by atoms with Crippen molar-refractivity contribution in [3.8, 4) is 0 Å². The van der Waals surface area contributed by atoms with Crippen molar-refractivity contribution in [1.29, 1.82) is 0 Å². The number of nitrogens with one attached hydrogen (secondary N) is 1. The summed E-state index contributed by atoms with van der Waals surface area (Å²) < 4.78 is 14.8. The Bertz CT molecular complexity index is 577. The number of imide groups is 1. The van der Waals surface area contributed by atoms with Gasteiger partial charge in [0.2, 0.25) is 0 Å². The molecule has 3 N–H and O–H groups in total. The summed E-state index contributed by atoms with van der Waals surface area (Å²) in [6, 6.07) is 0. The minimum Gasteiger partial charge on any atom is -0.463 e. The number of alkyl carbamates (subject to hydrolysis) is 2. The Hall–Kier alpha value is -1.87. The average molecular weight is 490 g/mol. The molecule has 1 saturated heterocycles. The first-order valence-electron chi connectivity index (χ1n) is 12.4. The molecule has 9 heteroatoms. The lowest BCUT2D eigenvalue weighted by Crippen LogP contribution is -2.39. The second-order valence-electron chi connectivity index (χ2n) is 10.9. The first kappa shape index (κ1) is 32.1. The van der Waals surface area contributed by atoms with Crippen molar-refractivity contribution in [3.05, 3.63) is 0 Å². The lowest BCUT2D eigenvalue weighted by Gasteiger charge is -2.21. The van der Waals surface area contributed by atoms with Crippen LogP contribution < -0.4 is 5.32 Å². The number of ether oxygens (including phenoxy) is 3. The zero-order chi connectivity index (χ0) is 26.4. The third kappa shape index (κ3) is 20.7. The molecular formula is C25H47NO8. The number of carbonyl (C=O) groups is 3. The highest BCUT2D eigenvalue weighted by Gasteiger charge is 2.22. The Labute approximate surface area is 204 Å². The molecule has 1 aliphatic carbocycles.